The average molecular weight is 364 g/mol. The van der Waals surface area contributed by atoms with Crippen LogP contribution in [0.4, 0.5) is 0 Å². The molecule has 0 aromatic carbocycles. The average Bonchev–Trinajstić information content (AvgIpc) is 3.11. The maximum Gasteiger partial charge on any atom is 0.270 e. The first kappa shape index (κ1) is 17.0. The Morgan fingerprint density at radius 1 is 1.28 bits per heavy atom. The third-order valence-corrected chi connectivity index (χ3v) is 6.57. The molecule has 2 saturated heterocycles. The molecule has 0 unspecified atom stereocenters. The van der Waals surface area contributed by atoms with Gasteiger partial charge in [-0.05, 0) is 44.1 Å². The van der Waals surface area contributed by atoms with E-state index >= 15 is 0 Å². The van der Waals surface area contributed by atoms with Crippen molar-refractivity contribution in [3.05, 3.63) is 23.0 Å². The third-order valence-electron chi connectivity index (χ3n) is 6.36. The van der Waals surface area contributed by atoms with Crippen LogP contribution in [-0.4, -0.2) is 52.4 Å². The van der Waals surface area contributed by atoms with E-state index < -0.39 is 0 Å². The Labute approximate surface area is 153 Å². The Hall–Kier alpha value is -1.49. The molecule has 0 bridgehead atoms. The fraction of sp³-hybridized carbons (Fsp3) is 0.684. The molecule has 2 aliphatic heterocycles. The number of halogens is 1. The van der Waals surface area contributed by atoms with Crippen molar-refractivity contribution in [1.82, 2.24) is 14.4 Å². The first-order valence-corrected chi connectivity index (χ1v) is 9.77. The minimum absolute atomic E-state index is 0.0183. The fourth-order valence-electron chi connectivity index (χ4n) is 4.64. The molecule has 1 saturated carbocycles. The lowest BCUT2D eigenvalue weighted by Crippen LogP contribution is -2.52. The van der Waals surface area contributed by atoms with E-state index in [1.54, 1.807) is 16.8 Å². The summed E-state index contributed by atoms with van der Waals surface area (Å²) >= 11 is 6.02. The van der Waals surface area contributed by atoms with Gasteiger partial charge in [-0.3, -0.25) is 9.59 Å². The lowest BCUT2D eigenvalue weighted by atomic mass is 9.77. The van der Waals surface area contributed by atoms with Crippen LogP contribution in [0, 0.1) is 11.3 Å². The molecule has 3 aliphatic rings. The molecule has 1 aromatic heterocycles. The quantitative estimate of drug-likeness (QED) is 0.828. The molecular weight excluding hydrogens is 338 g/mol. The zero-order valence-corrected chi connectivity index (χ0v) is 15.6. The fourth-order valence-corrected chi connectivity index (χ4v) is 4.89. The second kappa shape index (κ2) is 6.35. The van der Waals surface area contributed by atoms with Gasteiger partial charge in [-0.15, -0.1) is 0 Å². The van der Waals surface area contributed by atoms with Crippen LogP contribution in [0.5, 0.6) is 0 Å². The Balaban J connectivity index is 1.47. The highest BCUT2D eigenvalue weighted by Crippen LogP contribution is 2.41. The zero-order valence-electron chi connectivity index (χ0n) is 14.8. The molecule has 3 fully saturated rings. The number of aromatic nitrogens is 1. The number of nitrogens with zero attached hydrogens (tertiary/aromatic N) is 3. The molecule has 3 heterocycles. The van der Waals surface area contributed by atoms with Crippen molar-refractivity contribution in [2.24, 2.45) is 18.4 Å². The highest BCUT2D eigenvalue weighted by Gasteiger charge is 2.49. The number of aryl methyl sites for hydroxylation is 1. The SMILES string of the molecule is Cn1cc(Cl)cc1C(=O)N1CC[C@@]2(CCCN(CC3CCC3)C2=O)C1. The second-order valence-electron chi connectivity index (χ2n) is 8.06. The highest BCUT2D eigenvalue weighted by atomic mass is 35.5. The molecule has 0 radical (unpaired) electrons. The van der Waals surface area contributed by atoms with Crippen LogP contribution >= 0.6 is 11.6 Å². The summed E-state index contributed by atoms with van der Waals surface area (Å²) in [5.74, 6) is 0.963. The van der Waals surface area contributed by atoms with E-state index in [2.05, 4.69) is 4.90 Å². The number of likely N-dealkylation sites (tertiary alicyclic amines) is 2. The molecular formula is C19H26ClN3O2. The van der Waals surface area contributed by atoms with Gasteiger partial charge in [-0.25, -0.2) is 0 Å². The topological polar surface area (TPSA) is 45.6 Å². The molecule has 1 spiro atoms. The predicted octanol–water partition coefficient (Wildman–Crippen LogP) is 2.93. The van der Waals surface area contributed by atoms with Gasteiger partial charge in [0.15, 0.2) is 0 Å². The van der Waals surface area contributed by atoms with E-state index in [4.69, 9.17) is 11.6 Å². The number of hydrogen-bond donors (Lipinski definition) is 0. The molecule has 136 valence electrons. The molecule has 0 N–H and O–H groups in total. The molecule has 1 aliphatic carbocycles. The second-order valence-corrected chi connectivity index (χ2v) is 8.50. The van der Waals surface area contributed by atoms with Gasteiger partial charge < -0.3 is 14.4 Å². The van der Waals surface area contributed by atoms with Crippen molar-refractivity contribution < 1.29 is 9.59 Å². The number of carbonyl (C=O) groups is 2. The minimum Gasteiger partial charge on any atom is -0.345 e. The normalized spacial score (nSPS) is 27.2. The summed E-state index contributed by atoms with van der Waals surface area (Å²) in [6, 6.07) is 1.71. The van der Waals surface area contributed by atoms with E-state index in [9.17, 15) is 9.59 Å². The van der Waals surface area contributed by atoms with Gasteiger partial charge in [0.1, 0.15) is 5.69 Å². The summed E-state index contributed by atoms with van der Waals surface area (Å²) in [6.07, 6.45) is 8.31. The van der Waals surface area contributed by atoms with E-state index in [-0.39, 0.29) is 17.2 Å². The van der Waals surface area contributed by atoms with Crippen LogP contribution in [0.25, 0.3) is 0 Å². The smallest absolute Gasteiger partial charge is 0.270 e. The number of piperidine rings is 1. The first-order chi connectivity index (χ1) is 12.0. The van der Waals surface area contributed by atoms with Crippen molar-refractivity contribution in [3.63, 3.8) is 0 Å². The van der Waals surface area contributed by atoms with Gasteiger partial charge >= 0.3 is 0 Å². The van der Waals surface area contributed by atoms with E-state index in [1.807, 2.05) is 11.9 Å². The number of rotatable bonds is 3. The zero-order chi connectivity index (χ0) is 17.6. The number of amides is 2. The molecule has 6 heteroatoms. The molecule has 25 heavy (non-hydrogen) atoms. The Bertz CT molecular complexity index is 697. The van der Waals surface area contributed by atoms with Crippen LogP contribution in [0.15, 0.2) is 12.3 Å². The van der Waals surface area contributed by atoms with E-state index in [0.29, 0.717) is 29.7 Å². The molecule has 5 nitrogen and oxygen atoms in total. The highest BCUT2D eigenvalue weighted by molar-refractivity contribution is 6.31. The number of hydrogen-bond acceptors (Lipinski definition) is 2. The summed E-state index contributed by atoms with van der Waals surface area (Å²) < 4.78 is 1.77. The standard InChI is InChI=1S/C19H26ClN3O2/c1-21-12-15(20)10-16(21)17(24)23-9-7-19(13-23)6-3-8-22(18(19)25)11-14-4-2-5-14/h10,12,14H,2-9,11,13H2,1H3/t19-/m0/s1. The largest absolute Gasteiger partial charge is 0.345 e. The van der Waals surface area contributed by atoms with Crippen LogP contribution in [0.1, 0.15) is 49.0 Å². The lowest BCUT2D eigenvalue weighted by Gasteiger charge is -2.42. The summed E-state index contributed by atoms with van der Waals surface area (Å²) in [5, 5.41) is 0.570. The van der Waals surface area contributed by atoms with E-state index in [0.717, 1.165) is 32.4 Å². The van der Waals surface area contributed by atoms with Gasteiger partial charge in [0.2, 0.25) is 5.91 Å². The van der Waals surface area contributed by atoms with Gasteiger partial charge in [0.05, 0.1) is 10.4 Å². The minimum atomic E-state index is -0.355. The maximum absolute atomic E-state index is 13.2. The molecule has 1 aromatic rings. The van der Waals surface area contributed by atoms with Crippen molar-refractivity contribution in [3.8, 4) is 0 Å². The van der Waals surface area contributed by atoms with Gasteiger partial charge in [0, 0.05) is 39.4 Å². The van der Waals surface area contributed by atoms with Crippen LogP contribution < -0.4 is 0 Å². The summed E-state index contributed by atoms with van der Waals surface area (Å²) in [4.78, 5) is 29.9. The van der Waals surface area contributed by atoms with Crippen LogP contribution in [0.2, 0.25) is 5.02 Å². The van der Waals surface area contributed by atoms with Crippen molar-refractivity contribution in [2.45, 2.75) is 38.5 Å². The Morgan fingerprint density at radius 3 is 2.72 bits per heavy atom. The maximum atomic E-state index is 13.2. The molecule has 1 atom stereocenters. The van der Waals surface area contributed by atoms with Gasteiger partial charge in [-0.1, -0.05) is 18.0 Å². The van der Waals surface area contributed by atoms with Crippen LogP contribution in [0.3, 0.4) is 0 Å². The first-order valence-electron chi connectivity index (χ1n) is 9.39. The molecule has 4 rings (SSSR count). The van der Waals surface area contributed by atoms with E-state index in [1.165, 1.54) is 19.3 Å². The van der Waals surface area contributed by atoms with Crippen molar-refractivity contribution in [2.75, 3.05) is 26.2 Å². The Morgan fingerprint density at radius 2 is 2.08 bits per heavy atom. The van der Waals surface area contributed by atoms with Gasteiger partial charge in [-0.2, -0.15) is 0 Å². The molecule has 2 amide bonds. The Kier molecular flexibility index (Phi) is 4.30. The van der Waals surface area contributed by atoms with Crippen molar-refractivity contribution in [1.29, 1.82) is 0 Å². The summed E-state index contributed by atoms with van der Waals surface area (Å²) in [5.41, 5.74) is 0.240. The van der Waals surface area contributed by atoms with Crippen molar-refractivity contribution >= 4 is 23.4 Å². The van der Waals surface area contributed by atoms with Gasteiger partial charge in [0.25, 0.3) is 5.91 Å². The summed E-state index contributed by atoms with van der Waals surface area (Å²) in [7, 11) is 1.83. The van der Waals surface area contributed by atoms with Crippen LogP contribution in [-0.2, 0) is 11.8 Å². The number of carbonyl (C=O) groups excluding carboxylic acids is 2. The summed E-state index contributed by atoms with van der Waals surface area (Å²) in [6.45, 7) is 3.01. The predicted molar refractivity (Wildman–Crippen MR) is 96.5 cm³/mol. The monoisotopic (exact) mass is 363 g/mol. The lowest BCUT2D eigenvalue weighted by molar-refractivity contribution is -0.146. The third kappa shape index (κ3) is 2.97.